The summed E-state index contributed by atoms with van der Waals surface area (Å²) < 4.78 is 0. The van der Waals surface area contributed by atoms with Crippen LogP contribution in [0.15, 0.2) is 42.9 Å². The Morgan fingerprint density at radius 1 is 1.29 bits per heavy atom. The van der Waals surface area contributed by atoms with Crippen molar-refractivity contribution in [2.45, 2.75) is 6.92 Å². The summed E-state index contributed by atoms with van der Waals surface area (Å²) in [6.45, 7) is 1.82. The maximum Gasteiger partial charge on any atom is 0.328 e. The minimum atomic E-state index is -1.01. The van der Waals surface area contributed by atoms with E-state index in [9.17, 15) is 9.59 Å². The lowest BCUT2D eigenvalue weighted by Crippen LogP contribution is -2.14. The number of aryl methyl sites for hydroxylation is 1. The molecule has 2 aromatic rings. The van der Waals surface area contributed by atoms with Gasteiger partial charge in [0.1, 0.15) is 5.69 Å². The SMILES string of the molecule is Cc1cc(C=CC(=O)O)ccc1NC(=O)c1cnccn1. The van der Waals surface area contributed by atoms with Gasteiger partial charge in [-0.3, -0.25) is 9.78 Å². The van der Waals surface area contributed by atoms with Gasteiger partial charge in [0.15, 0.2) is 0 Å². The molecular weight excluding hydrogens is 270 g/mol. The van der Waals surface area contributed by atoms with Gasteiger partial charge in [-0.15, -0.1) is 0 Å². The van der Waals surface area contributed by atoms with Crippen molar-refractivity contribution in [3.63, 3.8) is 0 Å². The highest BCUT2D eigenvalue weighted by atomic mass is 16.4. The molecule has 2 rings (SSSR count). The van der Waals surface area contributed by atoms with Crippen LogP contribution in [0.4, 0.5) is 5.69 Å². The van der Waals surface area contributed by atoms with Crippen LogP contribution in [0.25, 0.3) is 6.08 Å². The van der Waals surface area contributed by atoms with Gasteiger partial charge in [0, 0.05) is 24.2 Å². The first-order valence-electron chi connectivity index (χ1n) is 6.15. The van der Waals surface area contributed by atoms with E-state index in [2.05, 4.69) is 15.3 Å². The quantitative estimate of drug-likeness (QED) is 0.839. The van der Waals surface area contributed by atoms with Gasteiger partial charge >= 0.3 is 5.97 Å². The highest BCUT2D eigenvalue weighted by Gasteiger charge is 2.08. The molecule has 0 saturated carbocycles. The number of nitrogens with zero attached hydrogens (tertiary/aromatic N) is 2. The smallest absolute Gasteiger partial charge is 0.328 e. The summed E-state index contributed by atoms with van der Waals surface area (Å²) in [7, 11) is 0. The van der Waals surface area contributed by atoms with E-state index in [1.807, 2.05) is 6.92 Å². The summed E-state index contributed by atoms with van der Waals surface area (Å²) in [5.74, 6) is -1.35. The Bertz CT molecular complexity index is 697. The molecular formula is C15H13N3O3. The van der Waals surface area contributed by atoms with Crippen LogP contribution >= 0.6 is 0 Å². The first-order chi connectivity index (χ1) is 10.1. The third kappa shape index (κ3) is 3.97. The first kappa shape index (κ1) is 14.4. The van der Waals surface area contributed by atoms with Gasteiger partial charge < -0.3 is 10.4 Å². The monoisotopic (exact) mass is 283 g/mol. The van der Waals surface area contributed by atoms with Crippen LogP contribution in [-0.2, 0) is 4.79 Å². The molecule has 0 saturated heterocycles. The van der Waals surface area contributed by atoms with E-state index >= 15 is 0 Å². The number of hydrogen-bond donors (Lipinski definition) is 2. The second-order valence-corrected chi connectivity index (χ2v) is 4.29. The molecule has 0 bridgehead atoms. The Hall–Kier alpha value is -3.02. The number of carboxylic acids is 1. The van der Waals surface area contributed by atoms with Crippen molar-refractivity contribution >= 4 is 23.6 Å². The molecule has 0 spiro atoms. The van der Waals surface area contributed by atoms with Crippen molar-refractivity contribution in [1.82, 2.24) is 9.97 Å². The highest BCUT2D eigenvalue weighted by Crippen LogP contribution is 2.18. The molecule has 0 aliphatic rings. The Kier molecular flexibility index (Phi) is 4.40. The minimum absolute atomic E-state index is 0.228. The zero-order valence-electron chi connectivity index (χ0n) is 11.3. The van der Waals surface area contributed by atoms with Gasteiger partial charge in [-0.25, -0.2) is 9.78 Å². The maximum absolute atomic E-state index is 12.0. The van der Waals surface area contributed by atoms with Crippen molar-refractivity contribution in [3.05, 3.63) is 59.7 Å². The molecule has 1 aromatic heterocycles. The van der Waals surface area contributed by atoms with Gasteiger partial charge in [0.05, 0.1) is 6.20 Å². The van der Waals surface area contributed by atoms with E-state index in [1.165, 1.54) is 24.7 Å². The second-order valence-electron chi connectivity index (χ2n) is 4.29. The predicted molar refractivity (Wildman–Crippen MR) is 77.8 cm³/mol. The molecule has 0 aliphatic carbocycles. The van der Waals surface area contributed by atoms with E-state index in [0.29, 0.717) is 5.69 Å². The number of benzene rings is 1. The number of rotatable bonds is 4. The Labute approximate surface area is 121 Å². The molecule has 6 heteroatoms. The number of nitrogens with one attached hydrogen (secondary N) is 1. The lowest BCUT2D eigenvalue weighted by molar-refractivity contribution is -0.131. The van der Waals surface area contributed by atoms with E-state index < -0.39 is 5.97 Å². The number of hydrogen-bond acceptors (Lipinski definition) is 4. The number of carbonyl (C=O) groups excluding carboxylic acids is 1. The second kappa shape index (κ2) is 6.42. The van der Waals surface area contributed by atoms with Crippen LogP contribution in [0, 0.1) is 6.92 Å². The van der Waals surface area contributed by atoms with Crippen LogP contribution in [0.2, 0.25) is 0 Å². The summed E-state index contributed by atoms with van der Waals surface area (Å²) in [6.07, 6.45) is 6.87. The molecule has 2 N–H and O–H groups in total. The third-order valence-electron chi connectivity index (χ3n) is 2.71. The molecule has 106 valence electrons. The number of aromatic nitrogens is 2. The summed E-state index contributed by atoms with van der Waals surface area (Å²) in [4.78, 5) is 30.2. The fourth-order valence-electron chi connectivity index (χ4n) is 1.70. The molecule has 1 aromatic carbocycles. The molecule has 21 heavy (non-hydrogen) atoms. The van der Waals surface area contributed by atoms with Crippen LogP contribution in [-0.4, -0.2) is 27.0 Å². The number of anilines is 1. The standard InChI is InChI=1S/C15H13N3O3/c1-10-8-11(3-5-14(19)20)2-4-12(10)18-15(21)13-9-16-6-7-17-13/h2-9H,1H3,(H,18,21)(H,19,20). The predicted octanol–water partition coefficient (Wildman–Crippen LogP) is 2.14. The molecule has 1 heterocycles. The molecule has 0 radical (unpaired) electrons. The summed E-state index contributed by atoms with van der Waals surface area (Å²) in [5, 5.41) is 11.3. The Morgan fingerprint density at radius 2 is 2.10 bits per heavy atom. The van der Waals surface area contributed by atoms with Gasteiger partial charge in [-0.1, -0.05) is 6.07 Å². The summed E-state index contributed by atoms with van der Waals surface area (Å²) >= 11 is 0. The zero-order valence-corrected chi connectivity index (χ0v) is 11.3. The van der Waals surface area contributed by atoms with E-state index in [0.717, 1.165) is 17.2 Å². The lowest BCUT2D eigenvalue weighted by Gasteiger charge is -2.08. The van der Waals surface area contributed by atoms with E-state index in [4.69, 9.17) is 5.11 Å². The van der Waals surface area contributed by atoms with Crippen LogP contribution in [0.5, 0.6) is 0 Å². The van der Waals surface area contributed by atoms with Gasteiger partial charge in [0.2, 0.25) is 0 Å². The third-order valence-corrected chi connectivity index (χ3v) is 2.71. The van der Waals surface area contributed by atoms with Crippen molar-refractivity contribution in [2.75, 3.05) is 5.32 Å². The average Bonchev–Trinajstić information content (AvgIpc) is 2.48. The van der Waals surface area contributed by atoms with Crippen LogP contribution in [0.3, 0.4) is 0 Å². The number of carbonyl (C=O) groups is 2. The van der Waals surface area contributed by atoms with Gasteiger partial charge in [-0.05, 0) is 36.3 Å². The lowest BCUT2D eigenvalue weighted by atomic mass is 10.1. The number of aliphatic carboxylic acids is 1. The fraction of sp³-hybridized carbons (Fsp3) is 0.0667. The molecule has 0 atom stereocenters. The normalized spacial score (nSPS) is 10.5. The van der Waals surface area contributed by atoms with Crippen molar-refractivity contribution < 1.29 is 14.7 Å². The van der Waals surface area contributed by atoms with E-state index in [-0.39, 0.29) is 11.6 Å². The first-order valence-corrected chi connectivity index (χ1v) is 6.15. The summed E-state index contributed by atoms with van der Waals surface area (Å²) in [6, 6.07) is 5.22. The van der Waals surface area contributed by atoms with Crippen molar-refractivity contribution in [1.29, 1.82) is 0 Å². The Morgan fingerprint density at radius 3 is 2.71 bits per heavy atom. The summed E-state index contributed by atoms with van der Waals surface area (Å²) in [5.41, 5.74) is 2.43. The molecule has 0 aliphatic heterocycles. The fourth-order valence-corrected chi connectivity index (χ4v) is 1.70. The molecule has 0 fully saturated rings. The zero-order chi connectivity index (χ0) is 15.2. The van der Waals surface area contributed by atoms with Crippen LogP contribution < -0.4 is 5.32 Å². The molecule has 1 amide bonds. The molecule has 6 nitrogen and oxygen atoms in total. The minimum Gasteiger partial charge on any atom is -0.478 e. The topological polar surface area (TPSA) is 92.2 Å². The maximum atomic E-state index is 12.0. The van der Waals surface area contributed by atoms with Crippen molar-refractivity contribution in [2.24, 2.45) is 0 Å². The molecule has 0 unspecified atom stereocenters. The largest absolute Gasteiger partial charge is 0.478 e. The van der Waals surface area contributed by atoms with Gasteiger partial charge in [-0.2, -0.15) is 0 Å². The van der Waals surface area contributed by atoms with Crippen LogP contribution in [0.1, 0.15) is 21.6 Å². The Balaban J connectivity index is 2.15. The number of amides is 1. The van der Waals surface area contributed by atoms with E-state index in [1.54, 1.807) is 18.2 Å². The average molecular weight is 283 g/mol. The highest BCUT2D eigenvalue weighted by molar-refractivity contribution is 6.03. The number of carboxylic acid groups (broad SMARTS) is 1. The van der Waals surface area contributed by atoms with Crippen molar-refractivity contribution in [3.8, 4) is 0 Å². The van der Waals surface area contributed by atoms with Gasteiger partial charge in [0.25, 0.3) is 5.91 Å².